The normalized spacial score (nSPS) is 14.6. The smallest absolute Gasteiger partial charge is 0.233 e. The van der Waals surface area contributed by atoms with Crippen molar-refractivity contribution in [1.82, 2.24) is 25.1 Å². The molecule has 6 nitrogen and oxygen atoms in total. The average Bonchev–Trinajstić information content (AvgIpc) is 3.47. The third-order valence-corrected chi connectivity index (χ3v) is 6.00. The highest BCUT2D eigenvalue weighted by Gasteiger charge is 2.31. The van der Waals surface area contributed by atoms with Crippen molar-refractivity contribution in [2.24, 2.45) is 0 Å². The molecule has 0 aliphatic heterocycles. The number of carbonyl (C=O) groups is 1. The van der Waals surface area contributed by atoms with Crippen LogP contribution in [-0.4, -0.2) is 30.9 Å². The third kappa shape index (κ3) is 4.20. The Kier molecular flexibility index (Phi) is 5.64. The summed E-state index contributed by atoms with van der Waals surface area (Å²) in [5, 5.41) is 12.8. The Hall–Kier alpha value is -2.38. The van der Waals surface area contributed by atoms with Gasteiger partial charge in [0.05, 0.1) is 5.25 Å². The monoisotopic (exact) mass is 413 g/mol. The lowest BCUT2D eigenvalue weighted by Crippen LogP contribution is -2.30. The Morgan fingerprint density at radius 1 is 1.25 bits per heavy atom. The van der Waals surface area contributed by atoms with Crippen LogP contribution < -0.4 is 5.32 Å². The van der Waals surface area contributed by atoms with Gasteiger partial charge in [0.25, 0.3) is 0 Å². The number of aromatic nitrogens is 4. The Labute approximate surface area is 172 Å². The molecule has 144 valence electrons. The number of nitrogens with one attached hydrogen (secondary N) is 1. The molecule has 8 heteroatoms. The molecule has 1 fully saturated rings. The molecular formula is C20H20ClN5OS. The zero-order chi connectivity index (χ0) is 19.5. The topological polar surface area (TPSA) is 72.7 Å². The molecule has 1 aromatic carbocycles. The van der Waals surface area contributed by atoms with Crippen molar-refractivity contribution >= 4 is 29.3 Å². The van der Waals surface area contributed by atoms with Crippen LogP contribution >= 0.6 is 23.4 Å². The van der Waals surface area contributed by atoms with Crippen LogP contribution in [-0.2, 0) is 11.3 Å². The molecule has 0 unspecified atom stereocenters. The molecule has 2 heterocycles. The molecule has 1 N–H and O–H groups in total. The van der Waals surface area contributed by atoms with E-state index in [9.17, 15) is 4.79 Å². The molecule has 1 atom stereocenters. The maximum atomic E-state index is 12.6. The number of halogens is 1. The van der Waals surface area contributed by atoms with Crippen molar-refractivity contribution in [2.75, 3.05) is 0 Å². The molecule has 1 aliphatic carbocycles. The minimum atomic E-state index is -0.297. The second-order valence-corrected chi connectivity index (χ2v) is 8.43. The Morgan fingerprint density at radius 2 is 2.00 bits per heavy atom. The molecule has 0 spiro atoms. The molecule has 0 radical (unpaired) electrons. The average molecular weight is 414 g/mol. The first-order valence-electron chi connectivity index (χ1n) is 9.16. The van der Waals surface area contributed by atoms with Gasteiger partial charge in [-0.15, -0.1) is 10.2 Å². The zero-order valence-electron chi connectivity index (χ0n) is 15.4. The van der Waals surface area contributed by atoms with E-state index in [1.54, 1.807) is 12.4 Å². The summed E-state index contributed by atoms with van der Waals surface area (Å²) in [6.45, 7) is 2.28. The van der Waals surface area contributed by atoms with Crippen molar-refractivity contribution in [2.45, 2.75) is 42.8 Å². The van der Waals surface area contributed by atoms with Crippen molar-refractivity contribution in [3.05, 3.63) is 59.4 Å². The van der Waals surface area contributed by atoms with Crippen LogP contribution in [0.3, 0.4) is 0 Å². The summed E-state index contributed by atoms with van der Waals surface area (Å²) in [7, 11) is 0. The predicted octanol–water partition coefficient (Wildman–Crippen LogP) is 4.13. The van der Waals surface area contributed by atoms with Crippen molar-refractivity contribution in [3.8, 4) is 11.4 Å². The first-order valence-corrected chi connectivity index (χ1v) is 10.4. The van der Waals surface area contributed by atoms with E-state index in [-0.39, 0.29) is 11.2 Å². The molecule has 1 saturated carbocycles. The number of amides is 1. The number of benzene rings is 1. The van der Waals surface area contributed by atoms with Crippen molar-refractivity contribution in [1.29, 1.82) is 0 Å². The maximum Gasteiger partial charge on any atom is 0.233 e. The minimum Gasteiger partial charge on any atom is -0.351 e. The Morgan fingerprint density at radius 3 is 2.71 bits per heavy atom. The highest BCUT2D eigenvalue weighted by atomic mass is 35.5. The number of hydrogen-bond donors (Lipinski definition) is 1. The summed E-state index contributed by atoms with van der Waals surface area (Å²) >= 11 is 7.59. The molecule has 4 rings (SSSR count). The van der Waals surface area contributed by atoms with Crippen LogP contribution in [0.1, 0.15) is 31.4 Å². The zero-order valence-corrected chi connectivity index (χ0v) is 17.0. The lowest BCUT2D eigenvalue weighted by atomic mass is 10.2. The van der Waals surface area contributed by atoms with Crippen LogP contribution in [0.5, 0.6) is 0 Å². The van der Waals surface area contributed by atoms with E-state index in [1.807, 2.05) is 43.3 Å². The maximum absolute atomic E-state index is 12.6. The molecule has 1 amide bonds. The van der Waals surface area contributed by atoms with Gasteiger partial charge in [0.15, 0.2) is 11.0 Å². The summed E-state index contributed by atoms with van der Waals surface area (Å²) < 4.78 is 2.15. The van der Waals surface area contributed by atoms with E-state index in [0.717, 1.165) is 34.9 Å². The van der Waals surface area contributed by atoms with Gasteiger partial charge in [0, 0.05) is 35.6 Å². The van der Waals surface area contributed by atoms with Gasteiger partial charge in [-0.1, -0.05) is 41.6 Å². The predicted molar refractivity (Wildman–Crippen MR) is 110 cm³/mol. The van der Waals surface area contributed by atoms with Crippen LogP contribution in [0, 0.1) is 0 Å². The lowest BCUT2D eigenvalue weighted by Gasteiger charge is -2.14. The Bertz CT molecular complexity index is 974. The van der Waals surface area contributed by atoms with Gasteiger partial charge in [-0.25, -0.2) is 0 Å². The molecule has 0 saturated heterocycles. The van der Waals surface area contributed by atoms with Gasteiger partial charge in [0.1, 0.15) is 0 Å². The molecule has 3 aromatic rings. The SMILES string of the molecule is C[C@H](Sc1nnc(-c2ccncc2)n1C1CC1)C(=O)NCc1ccccc1Cl. The highest BCUT2D eigenvalue weighted by molar-refractivity contribution is 8.00. The second-order valence-electron chi connectivity index (χ2n) is 6.71. The first kappa shape index (κ1) is 19.0. The van der Waals surface area contributed by atoms with Crippen molar-refractivity contribution in [3.63, 3.8) is 0 Å². The molecule has 1 aliphatic rings. The summed E-state index contributed by atoms with van der Waals surface area (Å²) in [6.07, 6.45) is 5.71. The molecule has 28 heavy (non-hydrogen) atoms. The fourth-order valence-electron chi connectivity index (χ4n) is 2.90. The number of pyridine rings is 1. The van der Waals surface area contributed by atoms with E-state index in [1.165, 1.54) is 11.8 Å². The quantitative estimate of drug-likeness (QED) is 0.589. The van der Waals surface area contributed by atoms with Crippen LogP contribution in [0.2, 0.25) is 5.02 Å². The van der Waals surface area contributed by atoms with Gasteiger partial charge in [0.2, 0.25) is 5.91 Å². The van der Waals surface area contributed by atoms with Crippen molar-refractivity contribution < 1.29 is 4.79 Å². The van der Waals surface area contributed by atoms with Crippen LogP contribution in [0.15, 0.2) is 53.9 Å². The number of nitrogens with zero attached hydrogens (tertiary/aromatic N) is 4. The Balaban J connectivity index is 1.46. The van der Waals surface area contributed by atoms with Gasteiger partial charge >= 0.3 is 0 Å². The van der Waals surface area contributed by atoms with Crippen LogP contribution in [0.25, 0.3) is 11.4 Å². The number of carbonyl (C=O) groups excluding carboxylic acids is 1. The van der Waals surface area contributed by atoms with E-state index < -0.39 is 0 Å². The first-order chi connectivity index (χ1) is 13.6. The summed E-state index contributed by atoms with van der Waals surface area (Å²) in [5.41, 5.74) is 1.88. The fourth-order valence-corrected chi connectivity index (χ4v) is 4.04. The second kappa shape index (κ2) is 8.32. The largest absolute Gasteiger partial charge is 0.351 e. The van der Waals surface area contributed by atoms with Gasteiger partial charge in [-0.05, 0) is 43.5 Å². The number of rotatable bonds is 7. The van der Waals surface area contributed by atoms with E-state index in [0.29, 0.717) is 17.6 Å². The van der Waals surface area contributed by atoms with E-state index in [2.05, 4.69) is 25.1 Å². The standard InChI is InChI=1S/C20H20ClN5OS/c1-13(19(27)23-12-15-4-2-3-5-17(15)21)28-20-25-24-18(26(20)16-6-7-16)14-8-10-22-11-9-14/h2-5,8-11,13,16H,6-7,12H2,1H3,(H,23,27)/t13-/m0/s1. The lowest BCUT2D eigenvalue weighted by molar-refractivity contribution is -0.120. The molecular weight excluding hydrogens is 394 g/mol. The van der Waals surface area contributed by atoms with E-state index in [4.69, 9.17) is 11.6 Å². The van der Waals surface area contributed by atoms with Crippen LogP contribution in [0.4, 0.5) is 0 Å². The van der Waals surface area contributed by atoms with E-state index >= 15 is 0 Å². The summed E-state index contributed by atoms with van der Waals surface area (Å²) in [4.78, 5) is 16.6. The van der Waals surface area contributed by atoms with Gasteiger partial charge < -0.3 is 5.32 Å². The summed E-state index contributed by atoms with van der Waals surface area (Å²) in [5.74, 6) is 0.775. The molecule has 0 bridgehead atoms. The number of hydrogen-bond acceptors (Lipinski definition) is 5. The summed E-state index contributed by atoms with van der Waals surface area (Å²) in [6, 6.07) is 11.8. The fraction of sp³-hybridized carbons (Fsp3) is 0.300. The van der Waals surface area contributed by atoms with Gasteiger partial charge in [-0.3, -0.25) is 14.3 Å². The number of thioether (sulfide) groups is 1. The highest BCUT2D eigenvalue weighted by Crippen LogP contribution is 2.41. The third-order valence-electron chi connectivity index (χ3n) is 4.58. The van der Waals surface area contributed by atoms with Gasteiger partial charge in [-0.2, -0.15) is 0 Å². The molecule has 2 aromatic heterocycles. The minimum absolute atomic E-state index is 0.0549.